The zero-order valence-corrected chi connectivity index (χ0v) is 9.97. The SMILES string of the molecule is CCCNC(=O)N(CCC)CC(C)C. The Bertz CT molecular complexity index is 157. The molecule has 0 unspecified atom stereocenters. The average Bonchev–Trinajstić information content (AvgIpc) is 2.13. The average molecular weight is 200 g/mol. The summed E-state index contributed by atoms with van der Waals surface area (Å²) >= 11 is 0. The number of hydrogen-bond donors (Lipinski definition) is 1. The number of rotatable bonds is 6. The second kappa shape index (κ2) is 7.65. The molecule has 0 heterocycles. The van der Waals surface area contributed by atoms with Crippen molar-refractivity contribution < 1.29 is 4.79 Å². The van der Waals surface area contributed by atoms with Crippen molar-refractivity contribution in [3.8, 4) is 0 Å². The molecule has 1 N–H and O–H groups in total. The fourth-order valence-electron chi connectivity index (χ4n) is 1.33. The minimum absolute atomic E-state index is 0.0856. The van der Waals surface area contributed by atoms with Gasteiger partial charge in [-0.1, -0.05) is 27.7 Å². The highest BCUT2D eigenvalue weighted by atomic mass is 16.2. The third-order valence-electron chi connectivity index (χ3n) is 1.89. The Morgan fingerprint density at radius 3 is 2.36 bits per heavy atom. The molecule has 14 heavy (non-hydrogen) atoms. The van der Waals surface area contributed by atoms with Crippen molar-refractivity contribution in [2.75, 3.05) is 19.6 Å². The fourth-order valence-corrected chi connectivity index (χ4v) is 1.33. The standard InChI is InChI=1S/C11H24N2O/c1-5-7-12-11(14)13(8-6-2)9-10(3)4/h10H,5-9H2,1-4H3,(H,12,14). The van der Waals surface area contributed by atoms with E-state index in [-0.39, 0.29) is 6.03 Å². The number of nitrogens with one attached hydrogen (secondary N) is 1. The van der Waals surface area contributed by atoms with Crippen LogP contribution in [-0.4, -0.2) is 30.6 Å². The summed E-state index contributed by atoms with van der Waals surface area (Å²) in [5.41, 5.74) is 0. The lowest BCUT2D eigenvalue weighted by Gasteiger charge is -2.24. The molecule has 0 fully saturated rings. The molecule has 0 radical (unpaired) electrons. The fraction of sp³-hybridized carbons (Fsp3) is 0.909. The van der Waals surface area contributed by atoms with Crippen molar-refractivity contribution in [2.24, 2.45) is 5.92 Å². The molecule has 0 aromatic rings. The van der Waals surface area contributed by atoms with Crippen LogP contribution in [0.2, 0.25) is 0 Å². The zero-order chi connectivity index (χ0) is 11.0. The van der Waals surface area contributed by atoms with Gasteiger partial charge in [0.25, 0.3) is 0 Å². The highest BCUT2D eigenvalue weighted by molar-refractivity contribution is 5.74. The molecule has 0 aliphatic heterocycles. The summed E-state index contributed by atoms with van der Waals surface area (Å²) in [4.78, 5) is 13.5. The minimum atomic E-state index is 0.0856. The molecule has 2 amide bonds. The Morgan fingerprint density at radius 2 is 1.93 bits per heavy atom. The van der Waals surface area contributed by atoms with Gasteiger partial charge in [0.1, 0.15) is 0 Å². The number of hydrogen-bond acceptors (Lipinski definition) is 1. The van der Waals surface area contributed by atoms with Gasteiger partial charge in [0, 0.05) is 19.6 Å². The van der Waals surface area contributed by atoms with E-state index in [0.717, 1.165) is 32.5 Å². The van der Waals surface area contributed by atoms with Crippen LogP contribution in [0.25, 0.3) is 0 Å². The maximum atomic E-state index is 11.6. The monoisotopic (exact) mass is 200 g/mol. The first-order valence-corrected chi connectivity index (χ1v) is 5.64. The van der Waals surface area contributed by atoms with Gasteiger partial charge in [-0.3, -0.25) is 0 Å². The largest absolute Gasteiger partial charge is 0.338 e. The number of nitrogens with zero attached hydrogens (tertiary/aromatic N) is 1. The Balaban J connectivity index is 3.97. The quantitative estimate of drug-likeness (QED) is 0.702. The topological polar surface area (TPSA) is 32.3 Å². The van der Waals surface area contributed by atoms with Crippen LogP contribution >= 0.6 is 0 Å². The van der Waals surface area contributed by atoms with Crippen molar-refractivity contribution in [3.05, 3.63) is 0 Å². The van der Waals surface area contributed by atoms with E-state index < -0.39 is 0 Å². The summed E-state index contributed by atoms with van der Waals surface area (Å²) in [6.07, 6.45) is 2.01. The summed E-state index contributed by atoms with van der Waals surface area (Å²) < 4.78 is 0. The number of carbonyl (C=O) groups excluding carboxylic acids is 1. The minimum Gasteiger partial charge on any atom is -0.338 e. The molecule has 0 spiro atoms. The van der Waals surface area contributed by atoms with E-state index in [1.165, 1.54) is 0 Å². The Kier molecular flexibility index (Phi) is 7.25. The zero-order valence-electron chi connectivity index (χ0n) is 9.97. The second-order valence-electron chi connectivity index (χ2n) is 4.07. The van der Waals surface area contributed by atoms with Crippen LogP contribution in [0.1, 0.15) is 40.5 Å². The van der Waals surface area contributed by atoms with Crippen LogP contribution in [0.3, 0.4) is 0 Å². The Labute approximate surface area is 87.9 Å². The molecule has 0 aliphatic rings. The van der Waals surface area contributed by atoms with E-state index in [9.17, 15) is 4.79 Å². The second-order valence-corrected chi connectivity index (χ2v) is 4.07. The lowest BCUT2D eigenvalue weighted by atomic mass is 10.2. The molecule has 3 nitrogen and oxygen atoms in total. The van der Waals surface area contributed by atoms with Crippen molar-refractivity contribution in [1.82, 2.24) is 10.2 Å². The van der Waals surface area contributed by atoms with Crippen molar-refractivity contribution in [3.63, 3.8) is 0 Å². The predicted octanol–water partition coefficient (Wildman–Crippen LogP) is 2.47. The predicted molar refractivity (Wildman–Crippen MR) is 60.4 cm³/mol. The molecular weight excluding hydrogens is 176 g/mol. The molecule has 3 heteroatoms. The van der Waals surface area contributed by atoms with Crippen LogP contribution in [-0.2, 0) is 0 Å². The molecule has 0 atom stereocenters. The van der Waals surface area contributed by atoms with Crippen molar-refractivity contribution in [2.45, 2.75) is 40.5 Å². The van der Waals surface area contributed by atoms with Gasteiger partial charge in [-0.15, -0.1) is 0 Å². The lowest BCUT2D eigenvalue weighted by molar-refractivity contribution is 0.191. The smallest absolute Gasteiger partial charge is 0.317 e. The summed E-state index contributed by atoms with van der Waals surface area (Å²) in [6, 6.07) is 0.0856. The first kappa shape index (κ1) is 13.3. The highest BCUT2D eigenvalue weighted by Crippen LogP contribution is 2.00. The molecular formula is C11H24N2O. The summed E-state index contributed by atoms with van der Waals surface area (Å²) in [5.74, 6) is 0.536. The molecule has 0 aromatic heterocycles. The molecule has 0 bridgehead atoms. The molecule has 0 saturated heterocycles. The van der Waals surface area contributed by atoms with Gasteiger partial charge in [-0.2, -0.15) is 0 Å². The number of carbonyl (C=O) groups is 1. The lowest BCUT2D eigenvalue weighted by Crippen LogP contribution is -2.42. The van der Waals surface area contributed by atoms with Crippen LogP contribution in [0.5, 0.6) is 0 Å². The first-order valence-electron chi connectivity index (χ1n) is 5.64. The van der Waals surface area contributed by atoms with E-state index in [0.29, 0.717) is 5.92 Å². The van der Waals surface area contributed by atoms with Gasteiger partial charge in [-0.05, 0) is 18.8 Å². The van der Waals surface area contributed by atoms with Gasteiger partial charge >= 0.3 is 6.03 Å². The molecule has 0 rings (SSSR count). The summed E-state index contributed by atoms with van der Waals surface area (Å²) in [7, 11) is 0. The van der Waals surface area contributed by atoms with Gasteiger partial charge in [-0.25, -0.2) is 4.79 Å². The summed E-state index contributed by atoms with van der Waals surface area (Å²) in [5, 5.41) is 2.91. The third kappa shape index (κ3) is 5.84. The third-order valence-corrected chi connectivity index (χ3v) is 1.89. The molecule has 0 aromatic carbocycles. The van der Waals surface area contributed by atoms with Crippen LogP contribution in [0.15, 0.2) is 0 Å². The van der Waals surface area contributed by atoms with E-state index in [1.807, 2.05) is 4.90 Å². The van der Waals surface area contributed by atoms with E-state index >= 15 is 0 Å². The van der Waals surface area contributed by atoms with Crippen LogP contribution in [0.4, 0.5) is 4.79 Å². The normalized spacial score (nSPS) is 10.4. The maximum absolute atomic E-state index is 11.6. The highest BCUT2D eigenvalue weighted by Gasteiger charge is 2.12. The van der Waals surface area contributed by atoms with E-state index in [2.05, 4.69) is 33.0 Å². The molecule has 84 valence electrons. The van der Waals surface area contributed by atoms with E-state index in [4.69, 9.17) is 0 Å². The summed E-state index contributed by atoms with van der Waals surface area (Å²) in [6.45, 7) is 10.9. The van der Waals surface area contributed by atoms with Gasteiger partial charge in [0.2, 0.25) is 0 Å². The van der Waals surface area contributed by atoms with Gasteiger partial charge in [0.05, 0.1) is 0 Å². The first-order chi connectivity index (χ1) is 6.61. The Hall–Kier alpha value is -0.730. The van der Waals surface area contributed by atoms with Crippen molar-refractivity contribution >= 4 is 6.03 Å². The van der Waals surface area contributed by atoms with Gasteiger partial charge in [0.15, 0.2) is 0 Å². The maximum Gasteiger partial charge on any atom is 0.317 e. The molecule has 0 saturated carbocycles. The van der Waals surface area contributed by atoms with Crippen LogP contribution in [0, 0.1) is 5.92 Å². The van der Waals surface area contributed by atoms with Gasteiger partial charge < -0.3 is 10.2 Å². The number of amides is 2. The molecule has 0 aliphatic carbocycles. The van der Waals surface area contributed by atoms with Crippen molar-refractivity contribution in [1.29, 1.82) is 0 Å². The Morgan fingerprint density at radius 1 is 1.29 bits per heavy atom. The van der Waals surface area contributed by atoms with Crippen LogP contribution < -0.4 is 5.32 Å². The van der Waals surface area contributed by atoms with E-state index in [1.54, 1.807) is 0 Å². The number of urea groups is 1.